The van der Waals surface area contributed by atoms with Crippen LogP contribution in [0.25, 0.3) is 0 Å². The van der Waals surface area contributed by atoms with E-state index in [1.807, 2.05) is 13.8 Å². The highest BCUT2D eigenvalue weighted by atomic mass is 35.5. The molecule has 1 aromatic carbocycles. The first-order valence-electron chi connectivity index (χ1n) is 7.03. The highest BCUT2D eigenvalue weighted by Crippen LogP contribution is 2.21. The van der Waals surface area contributed by atoms with E-state index in [2.05, 4.69) is 0 Å². The third-order valence-electron chi connectivity index (χ3n) is 3.60. The summed E-state index contributed by atoms with van der Waals surface area (Å²) in [4.78, 5) is 27.9. The zero-order valence-electron chi connectivity index (χ0n) is 12.3. The first-order valence-corrected chi connectivity index (χ1v) is 7.41. The van der Waals surface area contributed by atoms with Crippen molar-refractivity contribution in [1.29, 1.82) is 0 Å². The Labute approximate surface area is 129 Å². The zero-order chi connectivity index (χ0) is 15.6. The van der Waals surface area contributed by atoms with Crippen LogP contribution in [0.5, 0.6) is 0 Å². The van der Waals surface area contributed by atoms with Crippen LogP contribution in [0.1, 0.15) is 24.2 Å². The number of amides is 2. The predicted octanol–water partition coefficient (Wildman–Crippen LogP) is 1.86. The maximum Gasteiger partial charge on any atom is 0.255 e. The average molecular weight is 310 g/mol. The van der Waals surface area contributed by atoms with Crippen molar-refractivity contribution in [3.8, 4) is 0 Å². The Morgan fingerprint density at radius 1 is 1.14 bits per heavy atom. The predicted molar refractivity (Wildman–Crippen MR) is 83.2 cm³/mol. The second kappa shape index (κ2) is 6.35. The molecule has 2 rings (SSSR count). The Morgan fingerprint density at radius 2 is 1.71 bits per heavy atom. The molecular weight excluding hydrogens is 290 g/mol. The molecule has 0 unspecified atom stereocenters. The molecule has 1 aromatic rings. The maximum absolute atomic E-state index is 12.4. The molecule has 0 saturated carbocycles. The van der Waals surface area contributed by atoms with Crippen LogP contribution < -0.4 is 5.73 Å². The van der Waals surface area contributed by atoms with E-state index in [-0.39, 0.29) is 17.7 Å². The van der Waals surface area contributed by atoms with E-state index < -0.39 is 0 Å². The van der Waals surface area contributed by atoms with Crippen molar-refractivity contribution in [2.24, 2.45) is 5.92 Å². The Bertz CT molecular complexity index is 552. The molecule has 1 saturated heterocycles. The number of hydrogen-bond acceptors (Lipinski definition) is 3. The van der Waals surface area contributed by atoms with Gasteiger partial charge in [0.15, 0.2) is 0 Å². The quantitative estimate of drug-likeness (QED) is 0.848. The second-order valence-corrected chi connectivity index (χ2v) is 5.92. The lowest BCUT2D eigenvalue weighted by Gasteiger charge is -2.35. The minimum absolute atomic E-state index is 0.0150. The molecular formula is C15H20ClN3O2. The highest BCUT2D eigenvalue weighted by Gasteiger charge is 2.26. The van der Waals surface area contributed by atoms with Gasteiger partial charge in [0.2, 0.25) is 5.91 Å². The Morgan fingerprint density at radius 3 is 2.24 bits per heavy atom. The first kappa shape index (κ1) is 15.6. The summed E-state index contributed by atoms with van der Waals surface area (Å²) in [6, 6.07) is 4.89. The fourth-order valence-electron chi connectivity index (χ4n) is 2.37. The van der Waals surface area contributed by atoms with Gasteiger partial charge in [-0.2, -0.15) is 0 Å². The molecule has 6 heteroatoms. The van der Waals surface area contributed by atoms with Gasteiger partial charge in [-0.05, 0) is 18.2 Å². The van der Waals surface area contributed by atoms with E-state index in [4.69, 9.17) is 17.3 Å². The van der Waals surface area contributed by atoms with Crippen LogP contribution in [0.4, 0.5) is 5.69 Å². The highest BCUT2D eigenvalue weighted by molar-refractivity contribution is 6.34. The topological polar surface area (TPSA) is 66.6 Å². The fourth-order valence-corrected chi connectivity index (χ4v) is 2.64. The summed E-state index contributed by atoms with van der Waals surface area (Å²) in [5.74, 6) is 0.00283. The number of nitrogen functional groups attached to an aromatic ring is 1. The first-order chi connectivity index (χ1) is 9.90. The van der Waals surface area contributed by atoms with Crippen molar-refractivity contribution < 1.29 is 9.59 Å². The molecule has 2 amide bonds. The van der Waals surface area contributed by atoms with E-state index >= 15 is 0 Å². The zero-order valence-corrected chi connectivity index (χ0v) is 13.1. The lowest BCUT2D eigenvalue weighted by molar-refractivity contribution is -0.135. The molecule has 0 aliphatic carbocycles. The van der Waals surface area contributed by atoms with Gasteiger partial charge in [0.25, 0.3) is 5.91 Å². The number of halogens is 1. The molecule has 0 spiro atoms. The van der Waals surface area contributed by atoms with E-state index in [9.17, 15) is 9.59 Å². The normalized spacial score (nSPS) is 15.4. The molecule has 1 heterocycles. The number of carbonyl (C=O) groups is 2. The van der Waals surface area contributed by atoms with Crippen molar-refractivity contribution >= 4 is 29.1 Å². The van der Waals surface area contributed by atoms with Gasteiger partial charge < -0.3 is 15.5 Å². The average Bonchev–Trinajstić information content (AvgIpc) is 2.46. The van der Waals surface area contributed by atoms with Crippen LogP contribution in [0, 0.1) is 5.92 Å². The Balaban J connectivity index is 2.02. The molecule has 0 atom stereocenters. The lowest BCUT2D eigenvalue weighted by atomic mass is 10.1. The molecule has 1 aliphatic rings. The molecule has 5 nitrogen and oxygen atoms in total. The van der Waals surface area contributed by atoms with Crippen LogP contribution in [0.15, 0.2) is 18.2 Å². The molecule has 1 fully saturated rings. The Hall–Kier alpha value is -1.75. The molecule has 21 heavy (non-hydrogen) atoms. The summed E-state index contributed by atoms with van der Waals surface area (Å²) in [5.41, 5.74) is 6.62. The Kier molecular flexibility index (Phi) is 4.73. The summed E-state index contributed by atoms with van der Waals surface area (Å²) in [7, 11) is 0. The lowest BCUT2D eigenvalue weighted by Crippen LogP contribution is -2.51. The number of hydrogen-bond donors (Lipinski definition) is 1. The van der Waals surface area contributed by atoms with Crippen LogP contribution in [0.3, 0.4) is 0 Å². The third kappa shape index (κ3) is 3.47. The van der Waals surface area contributed by atoms with E-state index in [1.54, 1.807) is 28.0 Å². The van der Waals surface area contributed by atoms with E-state index in [0.717, 1.165) is 0 Å². The molecule has 0 bridgehead atoms. The van der Waals surface area contributed by atoms with E-state index in [1.165, 1.54) is 0 Å². The SMILES string of the molecule is CC(C)C(=O)N1CCN(C(=O)c2ccc(N)cc2Cl)CC1. The summed E-state index contributed by atoms with van der Waals surface area (Å²) < 4.78 is 0. The van der Waals surface area contributed by atoms with Crippen molar-refractivity contribution in [2.45, 2.75) is 13.8 Å². The monoisotopic (exact) mass is 309 g/mol. The van der Waals surface area contributed by atoms with Gasteiger partial charge in [-0.3, -0.25) is 9.59 Å². The van der Waals surface area contributed by atoms with Crippen LogP contribution >= 0.6 is 11.6 Å². The van der Waals surface area contributed by atoms with Gasteiger partial charge in [-0.15, -0.1) is 0 Å². The summed E-state index contributed by atoms with van der Waals surface area (Å²) in [6.45, 7) is 5.95. The smallest absolute Gasteiger partial charge is 0.255 e. The van der Waals surface area contributed by atoms with E-state index in [0.29, 0.717) is 42.5 Å². The number of anilines is 1. The van der Waals surface area contributed by atoms with Gasteiger partial charge in [0.05, 0.1) is 10.6 Å². The number of nitrogens with zero attached hydrogens (tertiary/aromatic N) is 2. The molecule has 2 N–H and O–H groups in total. The largest absolute Gasteiger partial charge is 0.399 e. The van der Waals surface area contributed by atoms with Crippen molar-refractivity contribution in [2.75, 3.05) is 31.9 Å². The number of benzene rings is 1. The summed E-state index contributed by atoms with van der Waals surface area (Å²) in [6.07, 6.45) is 0. The fraction of sp³-hybridized carbons (Fsp3) is 0.467. The molecule has 1 aliphatic heterocycles. The number of carbonyl (C=O) groups excluding carboxylic acids is 2. The summed E-state index contributed by atoms with van der Waals surface area (Å²) in [5, 5.41) is 0.362. The van der Waals surface area contributed by atoms with Gasteiger partial charge >= 0.3 is 0 Å². The van der Waals surface area contributed by atoms with Gasteiger partial charge in [0, 0.05) is 37.8 Å². The summed E-state index contributed by atoms with van der Waals surface area (Å²) >= 11 is 6.07. The number of piperazine rings is 1. The van der Waals surface area contributed by atoms with Crippen molar-refractivity contribution in [1.82, 2.24) is 9.80 Å². The second-order valence-electron chi connectivity index (χ2n) is 5.51. The standard InChI is InChI=1S/C15H20ClN3O2/c1-10(2)14(20)18-5-7-19(8-6-18)15(21)12-4-3-11(17)9-13(12)16/h3-4,9-10H,5-8,17H2,1-2H3. The molecule has 114 valence electrons. The third-order valence-corrected chi connectivity index (χ3v) is 3.91. The number of rotatable bonds is 2. The van der Waals surface area contributed by atoms with Gasteiger partial charge in [-0.1, -0.05) is 25.4 Å². The van der Waals surface area contributed by atoms with Crippen molar-refractivity contribution in [3.05, 3.63) is 28.8 Å². The minimum Gasteiger partial charge on any atom is -0.399 e. The number of nitrogens with two attached hydrogens (primary N) is 1. The molecule has 0 radical (unpaired) electrons. The van der Waals surface area contributed by atoms with Gasteiger partial charge in [0.1, 0.15) is 0 Å². The van der Waals surface area contributed by atoms with Crippen LogP contribution in [0.2, 0.25) is 5.02 Å². The minimum atomic E-state index is -0.114. The maximum atomic E-state index is 12.4. The van der Waals surface area contributed by atoms with Gasteiger partial charge in [-0.25, -0.2) is 0 Å². The molecule has 0 aromatic heterocycles. The van der Waals surface area contributed by atoms with Crippen LogP contribution in [-0.4, -0.2) is 47.8 Å². The van der Waals surface area contributed by atoms with Crippen molar-refractivity contribution in [3.63, 3.8) is 0 Å². The van der Waals surface area contributed by atoms with Crippen LogP contribution in [-0.2, 0) is 4.79 Å².